The van der Waals surface area contributed by atoms with E-state index in [4.69, 9.17) is 21.9 Å². The van der Waals surface area contributed by atoms with Crippen molar-refractivity contribution >= 4 is 44.7 Å². The number of benzene rings is 3. The summed E-state index contributed by atoms with van der Waals surface area (Å²) in [6.45, 7) is 3.36. The summed E-state index contributed by atoms with van der Waals surface area (Å²) >= 11 is 1.22. The fourth-order valence-electron chi connectivity index (χ4n) is 6.57. The Bertz CT molecular complexity index is 1750. The monoisotopic (exact) mass is 597 g/mol. The first-order valence-electron chi connectivity index (χ1n) is 14.5. The minimum absolute atomic E-state index is 0.137. The van der Waals surface area contributed by atoms with Gasteiger partial charge in [0.05, 0.1) is 15.6 Å². The van der Waals surface area contributed by atoms with Crippen LogP contribution in [0.25, 0.3) is 10.1 Å². The Morgan fingerprint density at radius 1 is 0.953 bits per heavy atom. The smallest absolute Gasteiger partial charge is 0.262 e. The maximum absolute atomic E-state index is 14.2. The first-order chi connectivity index (χ1) is 20.6. The zero-order valence-electron chi connectivity index (χ0n) is 24.1. The third-order valence-corrected chi connectivity index (χ3v) is 9.85. The van der Waals surface area contributed by atoms with Crippen LogP contribution in [0.1, 0.15) is 70.6 Å². The van der Waals surface area contributed by atoms with Crippen molar-refractivity contribution in [2.45, 2.75) is 63.2 Å². The molecule has 2 amide bonds. The van der Waals surface area contributed by atoms with E-state index in [1.54, 1.807) is 24.3 Å². The summed E-state index contributed by atoms with van der Waals surface area (Å²) in [7, 11) is 0. The molecule has 0 aliphatic heterocycles. The maximum Gasteiger partial charge on any atom is 0.262 e. The van der Waals surface area contributed by atoms with Crippen molar-refractivity contribution in [3.8, 4) is 11.5 Å². The van der Waals surface area contributed by atoms with Gasteiger partial charge < -0.3 is 32.6 Å². The van der Waals surface area contributed by atoms with E-state index in [1.807, 2.05) is 43.3 Å². The van der Waals surface area contributed by atoms with Gasteiger partial charge >= 0.3 is 0 Å². The molecule has 4 atom stereocenters. The van der Waals surface area contributed by atoms with Gasteiger partial charge in [-0.2, -0.15) is 0 Å². The number of Topliss-reactive ketones (excluding diaryl/α,β-unsaturated/α-hetero) is 1. The summed E-state index contributed by atoms with van der Waals surface area (Å²) in [4.78, 5) is 40.1. The number of thiophene rings is 1. The second-order valence-electron chi connectivity index (χ2n) is 11.5. The Balaban J connectivity index is 1.41. The number of nitrogen functional groups attached to an aromatic ring is 1. The van der Waals surface area contributed by atoms with Gasteiger partial charge in [0.2, 0.25) is 5.91 Å². The third kappa shape index (κ3) is 4.95. The van der Waals surface area contributed by atoms with Crippen LogP contribution in [-0.2, 0) is 15.1 Å². The fourth-order valence-corrected chi connectivity index (χ4v) is 7.77. The van der Waals surface area contributed by atoms with Gasteiger partial charge in [-0.15, -0.1) is 11.3 Å². The molecule has 0 bridgehead atoms. The summed E-state index contributed by atoms with van der Waals surface area (Å²) in [5.41, 5.74) is 21.5. The number of amides is 2. The van der Waals surface area contributed by atoms with Gasteiger partial charge in [-0.25, -0.2) is 0 Å². The number of nitrogens with one attached hydrogen (secondary N) is 2. The molecule has 2 aliphatic carbocycles. The van der Waals surface area contributed by atoms with Crippen LogP contribution in [0.15, 0.2) is 60.7 Å². The number of nitrogens with two attached hydrogens (primary N) is 3. The minimum Gasteiger partial charge on any atom is -0.457 e. The lowest BCUT2D eigenvalue weighted by molar-refractivity contribution is -0.124. The predicted molar refractivity (Wildman–Crippen MR) is 168 cm³/mol. The van der Waals surface area contributed by atoms with E-state index < -0.39 is 17.4 Å². The largest absolute Gasteiger partial charge is 0.457 e. The average molecular weight is 598 g/mol. The average Bonchev–Trinajstić information content (AvgIpc) is 3.39. The number of anilines is 1. The summed E-state index contributed by atoms with van der Waals surface area (Å²) < 4.78 is 6.67. The van der Waals surface area contributed by atoms with E-state index in [0.29, 0.717) is 48.8 Å². The molecule has 6 rings (SSSR count). The molecule has 10 heteroatoms. The normalized spacial score (nSPS) is 23.2. The van der Waals surface area contributed by atoms with Crippen LogP contribution in [0.5, 0.6) is 11.5 Å². The molecule has 2 aliphatic rings. The van der Waals surface area contributed by atoms with E-state index in [0.717, 1.165) is 31.2 Å². The van der Waals surface area contributed by atoms with Gasteiger partial charge in [0.15, 0.2) is 5.78 Å². The van der Waals surface area contributed by atoms with E-state index in [1.165, 1.54) is 18.3 Å². The molecule has 3 aromatic carbocycles. The molecule has 1 heterocycles. The molecular weight excluding hydrogens is 562 g/mol. The van der Waals surface area contributed by atoms with Crippen molar-refractivity contribution in [1.29, 1.82) is 0 Å². The van der Waals surface area contributed by atoms with Crippen LogP contribution < -0.4 is 32.6 Å². The lowest BCUT2D eigenvalue weighted by atomic mass is 9.69. The zero-order valence-corrected chi connectivity index (χ0v) is 24.9. The second kappa shape index (κ2) is 11.1. The highest BCUT2D eigenvalue weighted by molar-refractivity contribution is 7.21. The van der Waals surface area contributed by atoms with Gasteiger partial charge in [0, 0.05) is 35.6 Å². The number of hydrogen-bond donors (Lipinski definition) is 5. The molecule has 0 radical (unpaired) electrons. The van der Waals surface area contributed by atoms with E-state index >= 15 is 0 Å². The number of ether oxygens (including phenoxy) is 1. The highest BCUT2D eigenvalue weighted by Gasteiger charge is 2.49. The summed E-state index contributed by atoms with van der Waals surface area (Å²) in [5.74, 6) is 0.421. The Labute approximate surface area is 253 Å². The lowest BCUT2D eigenvalue weighted by Crippen LogP contribution is -2.54. The highest BCUT2D eigenvalue weighted by atomic mass is 32.1. The minimum atomic E-state index is -1.57. The molecule has 4 aromatic rings. The van der Waals surface area contributed by atoms with Gasteiger partial charge in [-0.05, 0) is 66.8 Å². The second-order valence-corrected chi connectivity index (χ2v) is 12.5. The van der Waals surface area contributed by atoms with E-state index in [-0.39, 0.29) is 23.9 Å². The van der Waals surface area contributed by atoms with Gasteiger partial charge in [0.25, 0.3) is 5.91 Å². The Morgan fingerprint density at radius 2 is 1.63 bits per heavy atom. The molecule has 43 heavy (non-hydrogen) atoms. The Morgan fingerprint density at radius 3 is 2.30 bits per heavy atom. The quantitative estimate of drug-likeness (QED) is 0.204. The number of rotatable bonds is 6. The van der Waals surface area contributed by atoms with Crippen LogP contribution >= 0.6 is 11.3 Å². The first kappa shape index (κ1) is 28.9. The highest BCUT2D eigenvalue weighted by Crippen LogP contribution is 2.50. The third-order valence-electron chi connectivity index (χ3n) is 8.59. The van der Waals surface area contributed by atoms with Crippen molar-refractivity contribution in [1.82, 2.24) is 10.6 Å². The molecule has 1 aromatic heterocycles. The molecular formula is C33H35N5O4S. The number of ketones is 1. The number of aryl methyl sites for hydroxylation is 1. The van der Waals surface area contributed by atoms with Crippen LogP contribution in [0.3, 0.4) is 0 Å². The summed E-state index contributed by atoms with van der Waals surface area (Å²) in [6, 6.07) is 16.8. The van der Waals surface area contributed by atoms with Gasteiger partial charge in [0.1, 0.15) is 17.0 Å². The van der Waals surface area contributed by atoms with Crippen molar-refractivity contribution in [3.05, 3.63) is 87.8 Å². The Hall–Kier alpha value is -4.25. The number of carbonyl (C=O) groups is 3. The lowest BCUT2D eigenvalue weighted by Gasteiger charge is -2.37. The molecule has 0 saturated heterocycles. The first-order valence-corrected chi connectivity index (χ1v) is 15.3. The van der Waals surface area contributed by atoms with Crippen LogP contribution in [0, 0.1) is 6.92 Å². The number of carbonyl (C=O) groups excluding carboxylic acids is 3. The van der Waals surface area contributed by atoms with Crippen molar-refractivity contribution in [2.75, 3.05) is 5.73 Å². The molecule has 8 N–H and O–H groups in total. The number of hydrogen-bond acceptors (Lipinski definition) is 8. The van der Waals surface area contributed by atoms with Crippen molar-refractivity contribution in [2.24, 2.45) is 11.5 Å². The molecule has 222 valence electrons. The Kier molecular flexibility index (Phi) is 7.45. The van der Waals surface area contributed by atoms with Crippen LogP contribution in [-0.4, -0.2) is 29.7 Å². The number of para-hydroxylation sites is 1. The maximum atomic E-state index is 14.2. The standard InChI is InChI=1S/C33H35N5O4S/c1-17-16-20(42-19-8-4-3-5-9-19)12-13-21(17)33(36)22-14-15-23(34)29-26(22)27(28(35)31(33)40)30(43-29)32(41)38-25-11-7-6-10-24(25)37-18(2)39/h3-5,8-9,12-16,24-25,28H,6-7,10-11,34-36H2,1-2H3,(H,37,39)(H,38,41)/t24-,25+,28?,33?/m0/s1. The van der Waals surface area contributed by atoms with Gasteiger partial charge in [-0.3, -0.25) is 14.4 Å². The van der Waals surface area contributed by atoms with Crippen LogP contribution in [0.2, 0.25) is 0 Å². The topological polar surface area (TPSA) is 163 Å². The van der Waals surface area contributed by atoms with Crippen molar-refractivity contribution in [3.63, 3.8) is 0 Å². The molecule has 1 fully saturated rings. The van der Waals surface area contributed by atoms with Crippen molar-refractivity contribution < 1.29 is 19.1 Å². The summed E-state index contributed by atoms with van der Waals surface area (Å²) in [5, 5.41) is 6.73. The van der Waals surface area contributed by atoms with E-state index in [9.17, 15) is 14.4 Å². The summed E-state index contributed by atoms with van der Waals surface area (Å²) in [6.07, 6.45) is 3.44. The SMILES string of the molecule is CC(=O)N[C@H]1CCCC[C@H]1NC(=O)c1sc2c(N)ccc3c2c1C(N)C(=O)C3(N)c1ccc(Oc2ccccc2)cc1C. The fraction of sp³-hybridized carbons (Fsp3) is 0.303. The molecule has 2 unspecified atom stereocenters. The van der Waals surface area contributed by atoms with E-state index in [2.05, 4.69) is 10.6 Å². The van der Waals surface area contributed by atoms with Gasteiger partial charge in [-0.1, -0.05) is 43.2 Å². The van der Waals surface area contributed by atoms with Crippen LogP contribution in [0.4, 0.5) is 5.69 Å². The molecule has 9 nitrogen and oxygen atoms in total. The zero-order chi connectivity index (χ0) is 30.5. The predicted octanol–water partition coefficient (Wildman–Crippen LogP) is 4.55. The molecule has 1 saturated carbocycles. The molecule has 0 spiro atoms.